The molecule has 0 unspecified atom stereocenters. The minimum Gasteiger partial charge on any atom is -0.338 e. The fraction of sp³-hybridized carbons (Fsp3) is 0.130. The van der Waals surface area contributed by atoms with Gasteiger partial charge in [-0.2, -0.15) is 11.8 Å². The van der Waals surface area contributed by atoms with Crippen molar-refractivity contribution in [3.05, 3.63) is 84.4 Å². The third-order valence-corrected chi connectivity index (χ3v) is 5.38. The Hall–Kier alpha value is -3.05. The third kappa shape index (κ3) is 4.61. The normalized spacial score (nSPS) is 10.9. The van der Waals surface area contributed by atoms with Gasteiger partial charge in [0.2, 0.25) is 5.91 Å². The van der Waals surface area contributed by atoms with Gasteiger partial charge in [0.15, 0.2) is 0 Å². The number of hydrogen-bond acceptors (Lipinski definition) is 3. The molecule has 0 aliphatic heterocycles. The highest BCUT2D eigenvalue weighted by molar-refractivity contribution is 7.99. The number of hydrogen-bond donors (Lipinski definition) is 2. The molecule has 0 radical (unpaired) electrons. The van der Waals surface area contributed by atoms with Crippen molar-refractivity contribution in [3.8, 4) is 11.4 Å². The van der Waals surface area contributed by atoms with Crippen LogP contribution < -0.4 is 5.32 Å². The van der Waals surface area contributed by atoms with Crippen molar-refractivity contribution in [1.82, 2.24) is 9.97 Å². The van der Waals surface area contributed by atoms with E-state index in [1.165, 1.54) is 5.56 Å². The van der Waals surface area contributed by atoms with Crippen LogP contribution in [0.1, 0.15) is 5.56 Å². The Morgan fingerprint density at radius 1 is 0.964 bits per heavy atom. The highest BCUT2D eigenvalue weighted by atomic mass is 32.2. The predicted octanol–water partition coefficient (Wildman–Crippen LogP) is 5.14. The SMILES string of the molecule is O=C(CSCCc1ccccc1)Nc1cccc(-c2nc3ccccc3[nH]2)c1. The highest BCUT2D eigenvalue weighted by Crippen LogP contribution is 2.23. The Morgan fingerprint density at radius 2 is 1.79 bits per heavy atom. The van der Waals surface area contributed by atoms with Crippen molar-refractivity contribution in [2.45, 2.75) is 6.42 Å². The van der Waals surface area contributed by atoms with Gasteiger partial charge >= 0.3 is 0 Å². The summed E-state index contributed by atoms with van der Waals surface area (Å²) in [6.45, 7) is 0. The summed E-state index contributed by atoms with van der Waals surface area (Å²) in [5, 5.41) is 2.98. The summed E-state index contributed by atoms with van der Waals surface area (Å²) in [4.78, 5) is 20.2. The van der Waals surface area contributed by atoms with Crippen LogP contribution in [-0.4, -0.2) is 27.4 Å². The molecule has 0 aliphatic carbocycles. The summed E-state index contributed by atoms with van der Waals surface area (Å²) in [5.41, 5.74) is 4.97. The third-order valence-electron chi connectivity index (χ3n) is 4.42. The van der Waals surface area contributed by atoms with E-state index >= 15 is 0 Å². The number of fused-ring (bicyclic) bond motifs is 1. The van der Waals surface area contributed by atoms with Crippen LogP contribution in [0.15, 0.2) is 78.9 Å². The molecule has 0 aliphatic rings. The number of carbonyl (C=O) groups excluding carboxylic acids is 1. The summed E-state index contributed by atoms with van der Waals surface area (Å²) in [6.07, 6.45) is 0.973. The second-order valence-electron chi connectivity index (χ2n) is 6.52. The van der Waals surface area contributed by atoms with E-state index in [0.29, 0.717) is 5.75 Å². The van der Waals surface area contributed by atoms with Gasteiger partial charge in [-0.3, -0.25) is 4.79 Å². The molecule has 1 aromatic heterocycles. The van der Waals surface area contributed by atoms with Crippen LogP contribution in [0.5, 0.6) is 0 Å². The van der Waals surface area contributed by atoms with E-state index in [0.717, 1.165) is 40.3 Å². The van der Waals surface area contributed by atoms with Gasteiger partial charge in [0, 0.05) is 11.3 Å². The first-order valence-electron chi connectivity index (χ1n) is 9.25. The van der Waals surface area contributed by atoms with Crippen LogP contribution in [-0.2, 0) is 11.2 Å². The van der Waals surface area contributed by atoms with Crippen LogP contribution in [0.4, 0.5) is 5.69 Å². The molecule has 28 heavy (non-hydrogen) atoms. The number of H-pyrrole nitrogens is 1. The number of aryl methyl sites for hydroxylation is 1. The van der Waals surface area contributed by atoms with Gasteiger partial charge in [-0.15, -0.1) is 0 Å². The number of nitrogens with zero attached hydrogens (tertiary/aromatic N) is 1. The lowest BCUT2D eigenvalue weighted by molar-refractivity contribution is -0.113. The molecule has 1 amide bonds. The van der Waals surface area contributed by atoms with Crippen molar-refractivity contribution in [2.24, 2.45) is 0 Å². The second kappa shape index (κ2) is 8.76. The summed E-state index contributed by atoms with van der Waals surface area (Å²) in [6, 6.07) is 26.0. The molecule has 4 nitrogen and oxygen atoms in total. The number of benzene rings is 3. The summed E-state index contributed by atoms with van der Waals surface area (Å²) in [7, 11) is 0. The fourth-order valence-electron chi connectivity index (χ4n) is 3.03. The lowest BCUT2D eigenvalue weighted by Gasteiger charge is -2.07. The van der Waals surface area contributed by atoms with Gasteiger partial charge in [0.05, 0.1) is 16.8 Å². The highest BCUT2D eigenvalue weighted by Gasteiger charge is 2.07. The maximum absolute atomic E-state index is 12.3. The van der Waals surface area contributed by atoms with Crippen molar-refractivity contribution in [1.29, 1.82) is 0 Å². The van der Waals surface area contributed by atoms with Crippen LogP contribution in [0, 0.1) is 0 Å². The molecule has 3 aromatic carbocycles. The topological polar surface area (TPSA) is 57.8 Å². The molecule has 4 rings (SSSR count). The number of aromatic nitrogens is 2. The number of amides is 1. The average molecular weight is 388 g/mol. The van der Waals surface area contributed by atoms with E-state index in [1.807, 2.05) is 66.7 Å². The van der Waals surface area contributed by atoms with Gasteiger partial charge in [0.1, 0.15) is 5.82 Å². The van der Waals surface area contributed by atoms with Crippen molar-refractivity contribution in [2.75, 3.05) is 16.8 Å². The standard InChI is InChI=1S/C23H21N3OS/c27-22(16-28-14-13-17-7-2-1-3-8-17)24-19-10-6-9-18(15-19)23-25-20-11-4-5-12-21(20)26-23/h1-12,15H,13-14,16H2,(H,24,27)(H,25,26). The number of para-hydroxylation sites is 2. The first-order chi connectivity index (χ1) is 13.8. The zero-order chi connectivity index (χ0) is 19.2. The Bertz CT molecular complexity index is 1040. The lowest BCUT2D eigenvalue weighted by atomic mass is 10.2. The van der Waals surface area contributed by atoms with Crippen molar-refractivity contribution < 1.29 is 4.79 Å². The Labute approximate surface area is 168 Å². The predicted molar refractivity (Wildman–Crippen MR) is 118 cm³/mol. The molecular formula is C23H21N3OS. The molecule has 0 saturated heterocycles. The zero-order valence-corrected chi connectivity index (χ0v) is 16.2. The molecular weight excluding hydrogens is 366 g/mol. The average Bonchev–Trinajstić information content (AvgIpc) is 3.17. The van der Waals surface area contributed by atoms with E-state index in [4.69, 9.17) is 0 Å². The van der Waals surface area contributed by atoms with Crippen LogP contribution in [0.2, 0.25) is 0 Å². The summed E-state index contributed by atoms with van der Waals surface area (Å²) in [5.74, 6) is 2.19. The molecule has 4 aromatic rings. The molecule has 0 atom stereocenters. The van der Waals surface area contributed by atoms with Crippen LogP contribution in [0.3, 0.4) is 0 Å². The van der Waals surface area contributed by atoms with Gasteiger partial charge in [0.25, 0.3) is 0 Å². The number of anilines is 1. The Balaban J connectivity index is 1.33. The molecule has 1 heterocycles. The van der Waals surface area contributed by atoms with Crippen LogP contribution >= 0.6 is 11.8 Å². The largest absolute Gasteiger partial charge is 0.338 e. The molecule has 0 spiro atoms. The summed E-state index contributed by atoms with van der Waals surface area (Å²) < 4.78 is 0. The molecule has 0 saturated carbocycles. The number of carbonyl (C=O) groups is 1. The molecule has 0 fully saturated rings. The number of imidazole rings is 1. The van der Waals surface area contributed by atoms with E-state index in [1.54, 1.807) is 11.8 Å². The molecule has 0 bridgehead atoms. The molecule has 5 heteroatoms. The van der Waals surface area contributed by atoms with Gasteiger partial charge in [-0.25, -0.2) is 4.98 Å². The Morgan fingerprint density at radius 3 is 2.64 bits per heavy atom. The van der Waals surface area contributed by atoms with E-state index in [-0.39, 0.29) is 5.91 Å². The van der Waals surface area contributed by atoms with Gasteiger partial charge in [-0.1, -0.05) is 54.6 Å². The number of aromatic amines is 1. The summed E-state index contributed by atoms with van der Waals surface area (Å²) >= 11 is 1.65. The minimum absolute atomic E-state index is 0.0137. The second-order valence-corrected chi connectivity index (χ2v) is 7.62. The smallest absolute Gasteiger partial charge is 0.234 e. The first-order valence-corrected chi connectivity index (χ1v) is 10.4. The quantitative estimate of drug-likeness (QED) is 0.432. The van der Waals surface area contributed by atoms with E-state index in [9.17, 15) is 4.79 Å². The Kier molecular flexibility index (Phi) is 5.73. The number of thioether (sulfide) groups is 1. The minimum atomic E-state index is 0.0137. The molecule has 140 valence electrons. The maximum Gasteiger partial charge on any atom is 0.234 e. The number of nitrogens with one attached hydrogen (secondary N) is 2. The van der Waals surface area contributed by atoms with Gasteiger partial charge in [-0.05, 0) is 42.0 Å². The lowest BCUT2D eigenvalue weighted by Crippen LogP contribution is -2.14. The van der Waals surface area contributed by atoms with Crippen molar-refractivity contribution >= 4 is 34.4 Å². The molecule has 2 N–H and O–H groups in total. The monoisotopic (exact) mass is 387 g/mol. The van der Waals surface area contributed by atoms with E-state index in [2.05, 4.69) is 27.4 Å². The zero-order valence-electron chi connectivity index (χ0n) is 15.4. The van der Waals surface area contributed by atoms with Crippen molar-refractivity contribution in [3.63, 3.8) is 0 Å². The van der Waals surface area contributed by atoms with Crippen LogP contribution in [0.25, 0.3) is 22.4 Å². The van der Waals surface area contributed by atoms with Gasteiger partial charge < -0.3 is 10.3 Å². The fourth-order valence-corrected chi connectivity index (χ4v) is 3.81. The maximum atomic E-state index is 12.3. The van der Waals surface area contributed by atoms with E-state index < -0.39 is 0 Å². The first kappa shape index (κ1) is 18.3. The number of rotatable bonds is 7.